The van der Waals surface area contributed by atoms with E-state index in [9.17, 15) is 19.5 Å². The Labute approximate surface area is 560 Å². The predicted molar refractivity (Wildman–Crippen MR) is 388 cm³/mol. The lowest BCUT2D eigenvalue weighted by molar-refractivity contribution is -0.870. The third-order valence-electron chi connectivity index (χ3n) is 18.5. The van der Waals surface area contributed by atoms with Crippen LogP contribution in [0.15, 0.2) is 24.3 Å². The molecular weight excluding hydrogens is 1110 g/mol. The van der Waals surface area contributed by atoms with Crippen molar-refractivity contribution in [1.82, 2.24) is 0 Å². The van der Waals surface area contributed by atoms with Gasteiger partial charge in [-0.25, -0.2) is 4.79 Å². The van der Waals surface area contributed by atoms with E-state index in [1.54, 1.807) is 0 Å². The summed E-state index contributed by atoms with van der Waals surface area (Å²) in [5.41, 5.74) is 0. The summed E-state index contributed by atoms with van der Waals surface area (Å²) in [5.74, 6) is -1.97. The van der Waals surface area contributed by atoms with Crippen LogP contribution in [0, 0.1) is 0 Å². The highest BCUT2D eigenvalue weighted by Gasteiger charge is 2.25. The number of carboxylic acids is 1. The molecule has 2 unspecified atom stereocenters. The molecule has 0 radical (unpaired) electrons. The van der Waals surface area contributed by atoms with Gasteiger partial charge in [0.1, 0.15) is 13.2 Å². The average molecular weight is 1270 g/mol. The summed E-state index contributed by atoms with van der Waals surface area (Å²) >= 11 is 0. The van der Waals surface area contributed by atoms with Crippen molar-refractivity contribution in [2.24, 2.45) is 0 Å². The Morgan fingerprint density at radius 1 is 0.333 bits per heavy atom. The van der Waals surface area contributed by atoms with E-state index >= 15 is 0 Å². The highest BCUT2D eigenvalue weighted by atomic mass is 16.7. The van der Waals surface area contributed by atoms with Crippen molar-refractivity contribution >= 4 is 17.9 Å². The van der Waals surface area contributed by atoms with Crippen molar-refractivity contribution in [3.63, 3.8) is 0 Å². The zero-order valence-electron chi connectivity index (χ0n) is 61.1. The molecule has 532 valence electrons. The number of ether oxygens (including phenoxy) is 4. The number of nitrogens with zero attached hydrogens (tertiary/aromatic N) is 1. The van der Waals surface area contributed by atoms with E-state index in [0.717, 1.165) is 44.9 Å². The maximum atomic E-state index is 13.0. The molecule has 0 aromatic carbocycles. The van der Waals surface area contributed by atoms with Crippen LogP contribution in [0.5, 0.6) is 0 Å². The summed E-state index contributed by atoms with van der Waals surface area (Å²) in [4.78, 5) is 37.7. The monoisotopic (exact) mass is 1270 g/mol. The Kier molecular flexibility index (Phi) is 70.8. The predicted octanol–water partition coefficient (Wildman–Crippen LogP) is 25.3. The minimum absolute atomic E-state index is 0.173. The van der Waals surface area contributed by atoms with Gasteiger partial charge in [0.2, 0.25) is 0 Å². The van der Waals surface area contributed by atoms with Crippen LogP contribution in [-0.4, -0.2) is 87.4 Å². The second kappa shape index (κ2) is 72.6. The van der Waals surface area contributed by atoms with Crippen LogP contribution in [0.25, 0.3) is 0 Å². The number of carbonyl (C=O) groups excluding carboxylic acids is 2. The number of carboxylic acid groups (broad SMARTS) is 1. The molecule has 9 heteroatoms. The quantitative estimate of drug-likeness (QED) is 0.0211. The summed E-state index contributed by atoms with van der Waals surface area (Å²) < 4.78 is 23.1. The van der Waals surface area contributed by atoms with Crippen molar-refractivity contribution in [3.05, 3.63) is 24.3 Å². The molecule has 0 aromatic rings. The SMILES string of the molecule is CCCCCCC/C=C\C/C=C\CCCCCCCCCCCCCCCCCCCCCCCCCCCC(=O)OC(COC(=O)CCCCCCCCCCCCCCCCCCCCCCCCCCCCCC)COC(OCC[N+](C)(C)C)C(=O)O. The first kappa shape index (κ1) is 87.8. The molecule has 0 rings (SSSR count). The molecule has 0 saturated carbocycles. The van der Waals surface area contributed by atoms with Crippen molar-refractivity contribution in [2.75, 3.05) is 47.5 Å². The van der Waals surface area contributed by atoms with Gasteiger partial charge in [0.05, 0.1) is 34.4 Å². The largest absolute Gasteiger partial charge is 0.477 e. The zero-order valence-corrected chi connectivity index (χ0v) is 61.1. The Bertz CT molecular complexity index is 1530. The molecule has 0 amide bonds. The molecule has 0 aliphatic rings. The second-order valence-electron chi connectivity index (χ2n) is 28.7. The maximum Gasteiger partial charge on any atom is 0.361 e. The van der Waals surface area contributed by atoms with Crippen molar-refractivity contribution in [3.8, 4) is 0 Å². The molecular formula is C81H156NO8+. The van der Waals surface area contributed by atoms with Crippen molar-refractivity contribution < 1.29 is 42.9 Å². The van der Waals surface area contributed by atoms with E-state index in [-0.39, 0.29) is 38.2 Å². The van der Waals surface area contributed by atoms with Crippen LogP contribution in [-0.2, 0) is 33.3 Å². The number of allylic oxidation sites excluding steroid dienone is 4. The molecule has 90 heavy (non-hydrogen) atoms. The van der Waals surface area contributed by atoms with E-state index in [4.69, 9.17) is 18.9 Å². The first-order chi connectivity index (χ1) is 44.1. The zero-order chi connectivity index (χ0) is 65.4. The number of carbonyl (C=O) groups is 3. The lowest BCUT2D eigenvalue weighted by atomic mass is 10.0. The van der Waals surface area contributed by atoms with E-state index < -0.39 is 18.4 Å². The summed E-state index contributed by atoms with van der Waals surface area (Å²) in [6.07, 6.45) is 89.1. The summed E-state index contributed by atoms with van der Waals surface area (Å²) in [5, 5.41) is 9.77. The fraction of sp³-hybridized carbons (Fsp3) is 0.914. The lowest BCUT2D eigenvalue weighted by Crippen LogP contribution is -2.40. The van der Waals surface area contributed by atoms with E-state index in [1.165, 1.54) is 347 Å². The number of hydrogen-bond donors (Lipinski definition) is 1. The van der Waals surface area contributed by atoms with Gasteiger partial charge in [-0.1, -0.05) is 385 Å². The van der Waals surface area contributed by atoms with Crippen LogP contribution in [0.2, 0.25) is 0 Å². The number of aliphatic carboxylic acids is 1. The van der Waals surface area contributed by atoms with Crippen LogP contribution < -0.4 is 0 Å². The highest BCUT2D eigenvalue weighted by Crippen LogP contribution is 2.20. The third kappa shape index (κ3) is 73.2. The maximum absolute atomic E-state index is 13.0. The molecule has 0 aromatic heterocycles. The van der Waals surface area contributed by atoms with Gasteiger partial charge in [0.25, 0.3) is 6.29 Å². The highest BCUT2D eigenvalue weighted by molar-refractivity contribution is 5.71. The topological polar surface area (TPSA) is 108 Å². The van der Waals surface area contributed by atoms with E-state index in [1.807, 2.05) is 21.1 Å². The minimum atomic E-state index is -1.51. The molecule has 0 heterocycles. The van der Waals surface area contributed by atoms with Crippen LogP contribution >= 0.6 is 0 Å². The summed E-state index contributed by atoms with van der Waals surface area (Å²) in [7, 11) is 6.00. The first-order valence-electron chi connectivity index (χ1n) is 40.0. The van der Waals surface area contributed by atoms with Gasteiger partial charge < -0.3 is 28.5 Å². The minimum Gasteiger partial charge on any atom is -0.477 e. The summed E-state index contributed by atoms with van der Waals surface area (Å²) in [6.45, 7) is 4.96. The molecule has 0 aliphatic carbocycles. The van der Waals surface area contributed by atoms with Crippen LogP contribution in [0.3, 0.4) is 0 Å². The van der Waals surface area contributed by atoms with Gasteiger partial charge in [0, 0.05) is 12.8 Å². The molecule has 0 saturated heterocycles. The van der Waals surface area contributed by atoms with Gasteiger partial charge in [0.15, 0.2) is 6.10 Å². The number of rotatable bonds is 76. The van der Waals surface area contributed by atoms with Crippen molar-refractivity contribution in [2.45, 2.75) is 431 Å². The molecule has 2 atom stereocenters. The van der Waals surface area contributed by atoms with Gasteiger partial charge in [-0.15, -0.1) is 0 Å². The Balaban J connectivity index is 3.95. The lowest BCUT2D eigenvalue weighted by Gasteiger charge is -2.25. The Morgan fingerprint density at radius 2 is 0.600 bits per heavy atom. The fourth-order valence-electron chi connectivity index (χ4n) is 12.3. The van der Waals surface area contributed by atoms with Crippen LogP contribution in [0.4, 0.5) is 0 Å². The Morgan fingerprint density at radius 3 is 0.878 bits per heavy atom. The van der Waals surface area contributed by atoms with E-state index in [2.05, 4.69) is 38.2 Å². The third-order valence-corrected chi connectivity index (χ3v) is 18.5. The molecule has 1 N–H and O–H groups in total. The molecule has 0 fully saturated rings. The van der Waals surface area contributed by atoms with E-state index in [0.29, 0.717) is 17.4 Å². The normalized spacial score (nSPS) is 12.7. The van der Waals surface area contributed by atoms with Gasteiger partial charge in [-0.3, -0.25) is 9.59 Å². The molecule has 0 aliphatic heterocycles. The smallest absolute Gasteiger partial charge is 0.361 e. The standard InChI is InChI=1S/C81H155NO8/c1-6-8-10-12-14-16-18-20-22-24-26-28-30-32-34-36-37-38-39-40-41-42-43-44-46-48-50-52-54-56-58-60-62-64-66-68-70-72-79(84)90-77(76-89-81(80(85)86)87-74-73-82(3,4)5)75-88-78(83)71-69-67-65-63-61-59-57-55-53-51-49-47-45-35-33-31-29-27-25-23-21-19-17-15-13-11-9-7-2/h18,20,24,26,77,81H,6-17,19,21-23,25,27-76H2,1-5H3/p+1/b20-18-,26-24-. The number of quaternary nitrogens is 1. The average Bonchev–Trinajstić information content (AvgIpc) is 3.74. The number of likely N-dealkylation sites (N-methyl/N-ethyl adjacent to an activating group) is 1. The second-order valence-corrected chi connectivity index (χ2v) is 28.7. The van der Waals surface area contributed by atoms with Crippen molar-refractivity contribution in [1.29, 1.82) is 0 Å². The van der Waals surface area contributed by atoms with Gasteiger partial charge in [-0.05, 0) is 44.9 Å². The van der Waals surface area contributed by atoms with Gasteiger partial charge in [-0.2, -0.15) is 0 Å². The van der Waals surface area contributed by atoms with Gasteiger partial charge >= 0.3 is 17.9 Å². The number of esters is 2. The summed E-state index contributed by atoms with van der Waals surface area (Å²) in [6, 6.07) is 0. The molecule has 0 spiro atoms. The molecule has 9 nitrogen and oxygen atoms in total. The fourth-order valence-corrected chi connectivity index (χ4v) is 12.3. The number of unbranched alkanes of at least 4 members (excludes halogenated alkanes) is 57. The Hall–Kier alpha value is -2.23. The first-order valence-corrected chi connectivity index (χ1v) is 40.0. The number of hydrogen-bond acceptors (Lipinski definition) is 7. The molecule has 0 bridgehead atoms. The van der Waals surface area contributed by atoms with Crippen LogP contribution in [0.1, 0.15) is 418 Å².